The molecule has 1 amide bonds. The van der Waals surface area contributed by atoms with Crippen molar-refractivity contribution in [1.29, 1.82) is 0 Å². The fourth-order valence-corrected chi connectivity index (χ4v) is 0.782. The molecule has 0 spiro atoms. The summed E-state index contributed by atoms with van der Waals surface area (Å²) in [4.78, 5) is 12.8. The maximum Gasteiger partial charge on any atom is 0.235 e. The lowest BCUT2D eigenvalue weighted by Gasteiger charge is -2.17. The zero-order valence-corrected chi connectivity index (χ0v) is 7.69. The van der Waals surface area contributed by atoms with Gasteiger partial charge in [0.15, 0.2) is 0 Å². The van der Waals surface area contributed by atoms with E-state index in [1.807, 2.05) is 13.8 Å². The van der Waals surface area contributed by atoms with Gasteiger partial charge in [-0.25, -0.2) is 0 Å². The third-order valence-corrected chi connectivity index (χ3v) is 2.11. The first kappa shape index (κ1) is 9.82. The van der Waals surface area contributed by atoms with E-state index in [0.717, 1.165) is 13.0 Å². The minimum Gasteiger partial charge on any atom is -0.345 e. The van der Waals surface area contributed by atoms with Gasteiger partial charge < -0.3 is 4.90 Å². The smallest absolute Gasteiger partial charge is 0.235 e. The maximum absolute atomic E-state index is 11.2. The summed E-state index contributed by atoms with van der Waals surface area (Å²) in [7, 11) is 1.79. The van der Waals surface area contributed by atoms with Crippen molar-refractivity contribution in [3.05, 3.63) is 0 Å². The molecule has 2 nitrogen and oxygen atoms in total. The second-order valence-corrected chi connectivity index (χ2v) is 2.90. The van der Waals surface area contributed by atoms with E-state index in [2.05, 4.69) is 12.6 Å². The van der Waals surface area contributed by atoms with Gasteiger partial charge in [-0.05, 0) is 13.3 Å². The van der Waals surface area contributed by atoms with E-state index in [1.54, 1.807) is 11.9 Å². The van der Waals surface area contributed by atoms with Crippen LogP contribution in [0.2, 0.25) is 0 Å². The van der Waals surface area contributed by atoms with Crippen LogP contribution in [-0.4, -0.2) is 29.6 Å². The van der Waals surface area contributed by atoms with E-state index in [9.17, 15) is 4.79 Å². The normalized spacial score (nSPS) is 12.8. The summed E-state index contributed by atoms with van der Waals surface area (Å²) in [6, 6.07) is 0. The molecule has 10 heavy (non-hydrogen) atoms. The molecule has 0 saturated heterocycles. The van der Waals surface area contributed by atoms with Gasteiger partial charge in [0.25, 0.3) is 0 Å². The average molecular weight is 161 g/mol. The molecule has 0 aromatic rings. The Labute approximate surface area is 68.0 Å². The lowest BCUT2D eigenvalue weighted by Crippen LogP contribution is -2.32. The molecular weight excluding hydrogens is 146 g/mol. The van der Waals surface area contributed by atoms with Crippen LogP contribution in [0, 0.1) is 0 Å². The standard InChI is InChI=1S/C7H15NOS/c1-4-6(10)7(9)8(3)5-2/h6,10H,4-5H2,1-3H3. The summed E-state index contributed by atoms with van der Waals surface area (Å²) in [5.41, 5.74) is 0. The third-order valence-electron chi connectivity index (χ3n) is 1.52. The van der Waals surface area contributed by atoms with Crippen molar-refractivity contribution in [3.8, 4) is 0 Å². The second kappa shape index (κ2) is 4.61. The van der Waals surface area contributed by atoms with Gasteiger partial charge in [-0.3, -0.25) is 4.79 Å². The Morgan fingerprint density at radius 3 is 2.40 bits per heavy atom. The van der Waals surface area contributed by atoms with Crippen molar-refractivity contribution >= 4 is 18.5 Å². The summed E-state index contributed by atoms with van der Waals surface area (Å²) in [6.07, 6.45) is 0.798. The largest absolute Gasteiger partial charge is 0.345 e. The highest BCUT2D eigenvalue weighted by molar-refractivity contribution is 7.81. The zero-order chi connectivity index (χ0) is 8.15. The molecular formula is C7H15NOS. The Bertz CT molecular complexity index is 104. The number of carbonyl (C=O) groups is 1. The number of amides is 1. The molecule has 0 saturated carbocycles. The molecule has 1 atom stereocenters. The van der Waals surface area contributed by atoms with Gasteiger partial charge in [0.05, 0.1) is 5.25 Å². The van der Waals surface area contributed by atoms with Crippen molar-refractivity contribution in [3.63, 3.8) is 0 Å². The summed E-state index contributed by atoms with van der Waals surface area (Å²) in [5.74, 6) is 0.119. The molecule has 0 aliphatic carbocycles. The number of nitrogens with zero attached hydrogens (tertiary/aromatic N) is 1. The predicted molar refractivity (Wildman–Crippen MR) is 46.4 cm³/mol. The third kappa shape index (κ3) is 2.60. The van der Waals surface area contributed by atoms with Crippen LogP contribution in [0.25, 0.3) is 0 Å². The molecule has 3 heteroatoms. The first-order valence-electron chi connectivity index (χ1n) is 3.56. The summed E-state index contributed by atoms with van der Waals surface area (Å²) in [5, 5.41) is -0.120. The van der Waals surface area contributed by atoms with Crippen LogP contribution in [0.15, 0.2) is 0 Å². The van der Waals surface area contributed by atoms with Crippen LogP contribution in [-0.2, 0) is 4.79 Å². The summed E-state index contributed by atoms with van der Waals surface area (Å²) < 4.78 is 0. The van der Waals surface area contributed by atoms with Crippen LogP contribution in [0.4, 0.5) is 0 Å². The molecule has 60 valence electrons. The topological polar surface area (TPSA) is 20.3 Å². The van der Waals surface area contributed by atoms with E-state index >= 15 is 0 Å². The lowest BCUT2D eigenvalue weighted by atomic mass is 10.3. The molecule has 0 radical (unpaired) electrons. The SMILES string of the molecule is CCC(S)C(=O)N(C)CC. The van der Waals surface area contributed by atoms with E-state index in [0.29, 0.717) is 0 Å². The van der Waals surface area contributed by atoms with E-state index < -0.39 is 0 Å². The fraction of sp³-hybridized carbons (Fsp3) is 0.857. The highest BCUT2D eigenvalue weighted by Gasteiger charge is 2.13. The molecule has 1 unspecified atom stereocenters. The molecule has 0 aliphatic rings. The van der Waals surface area contributed by atoms with E-state index in [-0.39, 0.29) is 11.2 Å². The Hall–Kier alpha value is -0.180. The minimum absolute atomic E-state index is 0.119. The number of hydrogen-bond donors (Lipinski definition) is 1. The van der Waals surface area contributed by atoms with Crippen LogP contribution in [0.3, 0.4) is 0 Å². The van der Waals surface area contributed by atoms with E-state index in [1.165, 1.54) is 0 Å². The average Bonchev–Trinajstić information content (AvgIpc) is 2.00. The lowest BCUT2D eigenvalue weighted by molar-refractivity contribution is -0.129. The number of hydrogen-bond acceptors (Lipinski definition) is 2. The van der Waals surface area contributed by atoms with Crippen molar-refractivity contribution in [2.75, 3.05) is 13.6 Å². The quantitative estimate of drug-likeness (QED) is 0.616. The van der Waals surface area contributed by atoms with Crippen molar-refractivity contribution in [2.45, 2.75) is 25.5 Å². The van der Waals surface area contributed by atoms with Gasteiger partial charge >= 0.3 is 0 Å². The molecule has 0 aromatic carbocycles. The van der Waals surface area contributed by atoms with Gasteiger partial charge in [0.1, 0.15) is 0 Å². The molecule has 0 bridgehead atoms. The Morgan fingerprint density at radius 2 is 2.10 bits per heavy atom. The maximum atomic E-state index is 11.2. The second-order valence-electron chi connectivity index (χ2n) is 2.28. The molecule has 0 fully saturated rings. The molecule has 0 N–H and O–H groups in total. The van der Waals surface area contributed by atoms with Crippen molar-refractivity contribution in [2.24, 2.45) is 0 Å². The van der Waals surface area contributed by atoms with Gasteiger partial charge in [0, 0.05) is 13.6 Å². The van der Waals surface area contributed by atoms with Gasteiger partial charge in [0.2, 0.25) is 5.91 Å². The van der Waals surface area contributed by atoms with Crippen LogP contribution in [0.5, 0.6) is 0 Å². The molecule has 0 aromatic heterocycles. The zero-order valence-electron chi connectivity index (χ0n) is 6.79. The first-order valence-corrected chi connectivity index (χ1v) is 4.08. The fourth-order valence-electron chi connectivity index (χ4n) is 0.585. The van der Waals surface area contributed by atoms with Gasteiger partial charge in [-0.1, -0.05) is 6.92 Å². The monoisotopic (exact) mass is 161 g/mol. The molecule has 0 heterocycles. The Balaban J connectivity index is 3.82. The van der Waals surface area contributed by atoms with Crippen LogP contribution in [0.1, 0.15) is 20.3 Å². The Kier molecular flexibility index (Phi) is 4.52. The molecule has 0 aliphatic heterocycles. The summed E-state index contributed by atoms with van der Waals surface area (Å²) in [6.45, 7) is 4.67. The highest BCUT2D eigenvalue weighted by Crippen LogP contribution is 2.03. The first-order chi connectivity index (χ1) is 4.63. The number of rotatable bonds is 3. The predicted octanol–water partition coefficient (Wildman–Crippen LogP) is 1.17. The highest BCUT2D eigenvalue weighted by atomic mass is 32.1. The van der Waals surface area contributed by atoms with Gasteiger partial charge in [-0.15, -0.1) is 0 Å². The number of thiol groups is 1. The van der Waals surface area contributed by atoms with E-state index in [4.69, 9.17) is 0 Å². The van der Waals surface area contributed by atoms with Crippen molar-refractivity contribution < 1.29 is 4.79 Å². The Morgan fingerprint density at radius 1 is 1.60 bits per heavy atom. The van der Waals surface area contributed by atoms with Crippen LogP contribution >= 0.6 is 12.6 Å². The summed E-state index contributed by atoms with van der Waals surface area (Å²) >= 11 is 4.13. The van der Waals surface area contributed by atoms with Crippen LogP contribution < -0.4 is 0 Å². The number of carbonyl (C=O) groups excluding carboxylic acids is 1. The van der Waals surface area contributed by atoms with Gasteiger partial charge in [-0.2, -0.15) is 12.6 Å². The van der Waals surface area contributed by atoms with Crippen molar-refractivity contribution in [1.82, 2.24) is 4.90 Å². The molecule has 0 rings (SSSR count). The minimum atomic E-state index is -0.120.